The highest BCUT2D eigenvalue weighted by Crippen LogP contribution is 2.26. The molecule has 2 N–H and O–H groups in total. The number of carboxylic acids is 1. The first-order valence-electron chi connectivity index (χ1n) is 7.53. The van der Waals surface area contributed by atoms with Crippen LogP contribution in [0.25, 0.3) is 0 Å². The molecule has 0 atom stereocenters. The van der Waals surface area contributed by atoms with Crippen molar-refractivity contribution in [2.24, 2.45) is 5.92 Å². The van der Waals surface area contributed by atoms with E-state index < -0.39 is 5.97 Å². The van der Waals surface area contributed by atoms with Crippen LogP contribution in [0.4, 0.5) is 5.82 Å². The van der Waals surface area contributed by atoms with Crippen LogP contribution in [0.1, 0.15) is 60.1 Å². The number of carboxylic acid groups (broad SMARTS) is 1. The van der Waals surface area contributed by atoms with E-state index in [2.05, 4.69) is 10.3 Å². The topological polar surface area (TPSA) is 62.2 Å². The highest BCUT2D eigenvalue weighted by molar-refractivity contribution is 5.94. The molecule has 1 aromatic heterocycles. The molecule has 1 heterocycles. The number of hydrogen-bond acceptors (Lipinski definition) is 3. The summed E-state index contributed by atoms with van der Waals surface area (Å²) >= 11 is 0. The fraction of sp³-hybridized carbons (Fsp3) is 0.625. The molecule has 4 nitrogen and oxygen atoms in total. The molecule has 1 saturated carbocycles. The van der Waals surface area contributed by atoms with E-state index in [4.69, 9.17) is 0 Å². The van der Waals surface area contributed by atoms with E-state index in [0.29, 0.717) is 11.4 Å². The van der Waals surface area contributed by atoms with Gasteiger partial charge in [0.2, 0.25) is 0 Å². The maximum Gasteiger partial charge on any atom is 0.339 e. The molecule has 110 valence electrons. The lowest BCUT2D eigenvalue weighted by molar-refractivity contribution is 0.0697. The second-order valence-corrected chi connectivity index (χ2v) is 5.83. The number of hydrogen-bond donors (Lipinski definition) is 2. The van der Waals surface area contributed by atoms with Crippen LogP contribution >= 0.6 is 0 Å². The van der Waals surface area contributed by atoms with E-state index in [1.54, 1.807) is 0 Å². The molecule has 1 aromatic rings. The Morgan fingerprint density at radius 2 is 2.05 bits per heavy atom. The van der Waals surface area contributed by atoms with Crippen LogP contribution in [0.15, 0.2) is 6.07 Å². The Balaban J connectivity index is 1.99. The van der Waals surface area contributed by atoms with Crippen molar-refractivity contribution in [2.45, 2.75) is 52.4 Å². The molecule has 0 unspecified atom stereocenters. The Labute approximate surface area is 120 Å². The Morgan fingerprint density at radius 1 is 1.35 bits per heavy atom. The molecular weight excluding hydrogens is 252 g/mol. The quantitative estimate of drug-likeness (QED) is 0.859. The van der Waals surface area contributed by atoms with Crippen molar-refractivity contribution in [3.8, 4) is 0 Å². The molecule has 0 aromatic carbocycles. The third kappa shape index (κ3) is 3.71. The molecule has 0 saturated heterocycles. The molecule has 0 bridgehead atoms. The molecule has 4 heteroatoms. The lowest BCUT2D eigenvalue weighted by Gasteiger charge is -2.22. The lowest BCUT2D eigenvalue weighted by atomic mass is 9.87. The summed E-state index contributed by atoms with van der Waals surface area (Å²) in [6.07, 6.45) is 7.78. The summed E-state index contributed by atoms with van der Waals surface area (Å²) < 4.78 is 0. The van der Waals surface area contributed by atoms with Gasteiger partial charge >= 0.3 is 5.97 Å². The average molecular weight is 276 g/mol. The van der Waals surface area contributed by atoms with E-state index in [1.165, 1.54) is 32.1 Å². The fourth-order valence-corrected chi connectivity index (χ4v) is 3.11. The number of anilines is 1. The van der Waals surface area contributed by atoms with Crippen LogP contribution in [-0.4, -0.2) is 22.6 Å². The third-order valence-corrected chi connectivity index (χ3v) is 4.13. The maximum atomic E-state index is 11.3. The normalized spacial score (nSPS) is 16.1. The highest BCUT2D eigenvalue weighted by Gasteiger charge is 2.17. The molecule has 0 amide bonds. The number of rotatable bonds is 5. The molecule has 0 radical (unpaired) electrons. The van der Waals surface area contributed by atoms with E-state index in [0.717, 1.165) is 30.1 Å². The standard InChI is InChI=1S/C16H24N2O2/c1-11-10-12(2)18-15(14(11)16(19)20)17-9-8-13-6-4-3-5-7-13/h10,13H,3-9H2,1-2H3,(H,17,18)(H,19,20). The summed E-state index contributed by atoms with van der Waals surface area (Å²) in [7, 11) is 0. The maximum absolute atomic E-state index is 11.3. The highest BCUT2D eigenvalue weighted by atomic mass is 16.4. The summed E-state index contributed by atoms with van der Waals surface area (Å²) in [6.45, 7) is 4.52. The first kappa shape index (κ1) is 14.8. The van der Waals surface area contributed by atoms with E-state index >= 15 is 0 Å². The van der Waals surface area contributed by atoms with Gasteiger partial charge in [0.15, 0.2) is 0 Å². The van der Waals surface area contributed by atoms with Crippen molar-refractivity contribution in [2.75, 3.05) is 11.9 Å². The molecule has 1 aliphatic carbocycles. The van der Waals surface area contributed by atoms with E-state index in [-0.39, 0.29) is 0 Å². The predicted octanol–water partition coefficient (Wildman–Crippen LogP) is 3.78. The third-order valence-electron chi connectivity index (χ3n) is 4.13. The smallest absolute Gasteiger partial charge is 0.339 e. The van der Waals surface area contributed by atoms with Crippen molar-refractivity contribution in [3.05, 3.63) is 22.9 Å². The lowest BCUT2D eigenvalue weighted by Crippen LogP contribution is -2.15. The van der Waals surface area contributed by atoms with Crippen LogP contribution in [0, 0.1) is 19.8 Å². The molecule has 0 aliphatic heterocycles. The van der Waals surface area contributed by atoms with Crippen molar-refractivity contribution < 1.29 is 9.90 Å². The van der Waals surface area contributed by atoms with Gasteiger partial charge in [0, 0.05) is 12.2 Å². The fourth-order valence-electron chi connectivity index (χ4n) is 3.11. The van der Waals surface area contributed by atoms with Crippen LogP contribution in [0.3, 0.4) is 0 Å². The zero-order chi connectivity index (χ0) is 14.5. The summed E-state index contributed by atoms with van der Waals surface area (Å²) in [4.78, 5) is 15.7. The van der Waals surface area contributed by atoms with Crippen molar-refractivity contribution >= 4 is 11.8 Å². The Kier molecular flexibility index (Phi) is 4.99. The minimum atomic E-state index is -0.907. The van der Waals surface area contributed by atoms with E-state index in [9.17, 15) is 9.90 Å². The average Bonchev–Trinajstić information content (AvgIpc) is 2.38. The molecule has 0 spiro atoms. The van der Waals surface area contributed by atoms with Gasteiger partial charge in [0.05, 0.1) is 0 Å². The molecule has 1 aliphatic rings. The van der Waals surface area contributed by atoms with Crippen LogP contribution in [-0.2, 0) is 0 Å². The summed E-state index contributed by atoms with van der Waals surface area (Å²) in [5, 5.41) is 12.5. The van der Waals surface area contributed by atoms with Gasteiger partial charge in [-0.1, -0.05) is 32.1 Å². The van der Waals surface area contributed by atoms with Crippen molar-refractivity contribution in [1.29, 1.82) is 0 Å². The Hall–Kier alpha value is -1.58. The summed E-state index contributed by atoms with van der Waals surface area (Å²) in [6, 6.07) is 1.82. The number of nitrogens with one attached hydrogen (secondary N) is 1. The second-order valence-electron chi connectivity index (χ2n) is 5.83. The van der Waals surface area contributed by atoms with Crippen molar-refractivity contribution in [1.82, 2.24) is 4.98 Å². The van der Waals surface area contributed by atoms with Crippen LogP contribution < -0.4 is 5.32 Å². The van der Waals surface area contributed by atoms with Gasteiger partial charge in [0.25, 0.3) is 0 Å². The number of aryl methyl sites for hydroxylation is 2. The van der Waals surface area contributed by atoms with Gasteiger partial charge in [-0.25, -0.2) is 9.78 Å². The van der Waals surface area contributed by atoms with Gasteiger partial charge in [-0.3, -0.25) is 0 Å². The zero-order valence-corrected chi connectivity index (χ0v) is 12.4. The monoisotopic (exact) mass is 276 g/mol. The van der Waals surface area contributed by atoms with Gasteiger partial charge < -0.3 is 10.4 Å². The number of pyridine rings is 1. The van der Waals surface area contributed by atoms with Crippen LogP contribution in [0.5, 0.6) is 0 Å². The van der Waals surface area contributed by atoms with Crippen molar-refractivity contribution in [3.63, 3.8) is 0 Å². The number of aromatic carboxylic acids is 1. The largest absolute Gasteiger partial charge is 0.478 e. The SMILES string of the molecule is Cc1cc(C)c(C(=O)O)c(NCCC2CCCCC2)n1. The summed E-state index contributed by atoms with van der Waals surface area (Å²) in [5.41, 5.74) is 1.93. The Morgan fingerprint density at radius 3 is 2.70 bits per heavy atom. The van der Waals surface area contributed by atoms with Crippen LogP contribution in [0.2, 0.25) is 0 Å². The van der Waals surface area contributed by atoms with E-state index in [1.807, 2.05) is 19.9 Å². The summed E-state index contributed by atoms with van der Waals surface area (Å²) in [5.74, 6) is 0.399. The Bertz CT molecular complexity index is 480. The number of aromatic nitrogens is 1. The first-order valence-corrected chi connectivity index (χ1v) is 7.53. The molecule has 2 rings (SSSR count). The molecular formula is C16H24N2O2. The first-order chi connectivity index (χ1) is 9.58. The second kappa shape index (κ2) is 6.73. The minimum Gasteiger partial charge on any atom is -0.478 e. The van der Waals surface area contributed by atoms with Gasteiger partial charge in [-0.2, -0.15) is 0 Å². The van der Waals surface area contributed by atoms with Gasteiger partial charge in [0.1, 0.15) is 11.4 Å². The molecule has 1 fully saturated rings. The molecule has 20 heavy (non-hydrogen) atoms. The minimum absolute atomic E-state index is 0.305. The number of nitrogens with zero attached hydrogens (tertiary/aromatic N) is 1. The van der Waals surface area contributed by atoms with Gasteiger partial charge in [-0.05, 0) is 37.8 Å². The predicted molar refractivity (Wildman–Crippen MR) is 80.4 cm³/mol. The number of carbonyl (C=O) groups is 1. The van der Waals surface area contributed by atoms with Gasteiger partial charge in [-0.15, -0.1) is 0 Å². The zero-order valence-electron chi connectivity index (χ0n) is 12.4.